The third-order valence-electron chi connectivity index (χ3n) is 3.83. The number of nitrogens with one attached hydrogen (secondary N) is 1. The summed E-state index contributed by atoms with van der Waals surface area (Å²) in [6.07, 6.45) is 7.83. The van der Waals surface area contributed by atoms with Gasteiger partial charge in [0.2, 0.25) is 0 Å². The zero-order chi connectivity index (χ0) is 15.0. The van der Waals surface area contributed by atoms with E-state index in [1.54, 1.807) is 6.20 Å². The zero-order valence-corrected chi connectivity index (χ0v) is 14.2. The fourth-order valence-electron chi connectivity index (χ4n) is 2.94. The lowest BCUT2D eigenvalue weighted by Crippen LogP contribution is -2.31. The maximum Gasteiger partial charge on any atom is 0.0834 e. The number of aromatic nitrogens is 2. The molecular formula is C16H30ClN3. The molecule has 0 fully saturated rings. The van der Waals surface area contributed by atoms with E-state index in [9.17, 15) is 0 Å². The minimum atomic E-state index is 0.324. The van der Waals surface area contributed by atoms with E-state index in [1.165, 1.54) is 31.4 Å². The lowest BCUT2D eigenvalue weighted by Gasteiger charge is -2.29. The molecule has 20 heavy (non-hydrogen) atoms. The summed E-state index contributed by atoms with van der Waals surface area (Å²) in [4.78, 5) is 0. The standard InChI is InChI=1S/C16H30ClN3/c1-5-9-13(10-6-2)15(18-11-7-3)16-14(17)12-19-20(16)8-4/h12-13,15,18H,5-11H2,1-4H3. The highest BCUT2D eigenvalue weighted by atomic mass is 35.5. The van der Waals surface area contributed by atoms with Crippen molar-refractivity contribution in [3.63, 3.8) is 0 Å². The average molecular weight is 300 g/mol. The van der Waals surface area contributed by atoms with Crippen LogP contribution in [0.25, 0.3) is 0 Å². The molecular weight excluding hydrogens is 270 g/mol. The van der Waals surface area contributed by atoms with Gasteiger partial charge < -0.3 is 5.32 Å². The van der Waals surface area contributed by atoms with E-state index in [4.69, 9.17) is 11.6 Å². The van der Waals surface area contributed by atoms with Crippen molar-refractivity contribution in [3.05, 3.63) is 16.9 Å². The van der Waals surface area contributed by atoms with Gasteiger partial charge in [0.05, 0.1) is 23.0 Å². The van der Waals surface area contributed by atoms with Gasteiger partial charge in [0.25, 0.3) is 0 Å². The molecule has 1 rings (SSSR count). The largest absolute Gasteiger partial charge is 0.308 e. The van der Waals surface area contributed by atoms with Crippen molar-refractivity contribution in [2.24, 2.45) is 5.92 Å². The van der Waals surface area contributed by atoms with E-state index >= 15 is 0 Å². The first-order valence-electron chi connectivity index (χ1n) is 8.13. The van der Waals surface area contributed by atoms with Gasteiger partial charge in [0.1, 0.15) is 0 Å². The summed E-state index contributed by atoms with van der Waals surface area (Å²) in [6, 6.07) is 0.324. The monoisotopic (exact) mass is 299 g/mol. The van der Waals surface area contributed by atoms with Crippen LogP contribution in [0.1, 0.15) is 71.5 Å². The molecule has 1 heterocycles. The van der Waals surface area contributed by atoms with Gasteiger partial charge in [-0.05, 0) is 38.6 Å². The van der Waals surface area contributed by atoms with E-state index in [2.05, 4.69) is 38.1 Å². The van der Waals surface area contributed by atoms with E-state index < -0.39 is 0 Å². The van der Waals surface area contributed by atoms with Crippen LogP contribution in [0.2, 0.25) is 5.02 Å². The van der Waals surface area contributed by atoms with Gasteiger partial charge in [-0.15, -0.1) is 0 Å². The predicted octanol–water partition coefficient (Wildman–Crippen LogP) is 4.81. The van der Waals surface area contributed by atoms with E-state index in [-0.39, 0.29) is 0 Å². The first-order chi connectivity index (χ1) is 9.69. The van der Waals surface area contributed by atoms with Crippen LogP contribution >= 0.6 is 11.6 Å². The molecule has 1 aromatic heterocycles. The van der Waals surface area contributed by atoms with Crippen molar-refractivity contribution in [1.82, 2.24) is 15.1 Å². The molecule has 0 aliphatic rings. The quantitative estimate of drug-likeness (QED) is 0.671. The van der Waals surface area contributed by atoms with Crippen molar-refractivity contribution in [2.75, 3.05) is 6.54 Å². The fraction of sp³-hybridized carbons (Fsp3) is 0.812. The van der Waals surface area contributed by atoms with Crippen LogP contribution in [-0.2, 0) is 6.54 Å². The van der Waals surface area contributed by atoms with Crippen molar-refractivity contribution in [3.8, 4) is 0 Å². The molecule has 0 aliphatic carbocycles. The summed E-state index contributed by atoms with van der Waals surface area (Å²) >= 11 is 6.42. The molecule has 0 radical (unpaired) electrons. The Morgan fingerprint density at radius 2 is 1.80 bits per heavy atom. The van der Waals surface area contributed by atoms with E-state index in [0.29, 0.717) is 12.0 Å². The Labute approximate surface area is 129 Å². The van der Waals surface area contributed by atoms with Crippen LogP contribution in [0.3, 0.4) is 0 Å². The molecule has 1 aromatic rings. The van der Waals surface area contributed by atoms with E-state index in [1.807, 2.05) is 4.68 Å². The van der Waals surface area contributed by atoms with Crippen LogP contribution in [0, 0.1) is 5.92 Å². The summed E-state index contributed by atoms with van der Waals surface area (Å²) < 4.78 is 2.05. The lowest BCUT2D eigenvalue weighted by molar-refractivity contribution is 0.301. The maximum atomic E-state index is 6.42. The van der Waals surface area contributed by atoms with Gasteiger partial charge in [0, 0.05) is 6.54 Å². The molecule has 0 amide bonds. The molecule has 116 valence electrons. The minimum absolute atomic E-state index is 0.324. The Morgan fingerprint density at radius 1 is 1.15 bits per heavy atom. The summed E-state index contributed by atoms with van der Waals surface area (Å²) in [5.41, 5.74) is 1.18. The molecule has 0 saturated heterocycles. The number of halogens is 1. The van der Waals surface area contributed by atoms with Crippen LogP contribution in [0.15, 0.2) is 6.20 Å². The van der Waals surface area contributed by atoms with Gasteiger partial charge in [0.15, 0.2) is 0 Å². The average Bonchev–Trinajstić information content (AvgIpc) is 2.81. The summed E-state index contributed by atoms with van der Waals surface area (Å²) in [6.45, 7) is 10.8. The van der Waals surface area contributed by atoms with E-state index in [0.717, 1.165) is 24.5 Å². The third kappa shape index (κ3) is 4.49. The number of aryl methyl sites for hydroxylation is 1. The topological polar surface area (TPSA) is 29.9 Å². The predicted molar refractivity (Wildman–Crippen MR) is 87.3 cm³/mol. The Bertz CT molecular complexity index is 370. The van der Waals surface area contributed by atoms with Crippen molar-refractivity contribution >= 4 is 11.6 Å². The SMILES string of the molecule is CCCNC(c1c(Cl)cnn1CC)C(CCC)CCC. The highest BCUT2D eigenvalue weighted by Crippen LogP contribution is 2.33. The fourth-order valence-corrected chi connectivity index (χ4v) is 3.20. The number of hydrogen-bond acceptors (Lipinski definition) is 2. The second kappa shape index (κ2) is 9.41. The summed E-state index contributed by atoms with van der Waals surface area (Å²) in [5.74, 6) is 0.635. The second-order valence-electron chi connectivity index (χ2n) is 5.46. The normalized spacial score (nSPS) is 13.1. The third-order valence-corrected chi connectivity index (χ3v) is 4.12. The molecule has 0 aromatic carbocycles. The van der Waals surface area contributed by atoms with Crippen LogP contribution < -0.4 is 5.32 Å². The van der Waals surface area contributed by atoms with Crippen molar-refractivity contribution in [1.29, 1.82) is 0 Å². The molecule has 0 bridgehead atoms. The highest BCUT2D eigenvalue weighted by molar-refractivity contribution is 6.31. The molecule has 1 N–H and O–H groups in total. The summed E-state index contributed by atoms with van der Waals surface area (Å²) in [5, 5.41) is 8.93. The highest BCUT2D eigenvalue weighted by Gasteiger charge is 2.26. The maximum absolute atomic E-state index is 6.42. The lowest BCUT2D eigenvalue weighted by atomic mass is 9.88. The molecule has 3 nitrogen and oxygen atoms in total. The molecule has 0 aliphatic heterocycles. The van der Waals surface area contributed by atoms with Crippen LogP contribution in [0.4, 0.5) is 0 Å². The molecule has 1 unspecified atom stereocenters. The number of nitrogens with zero attached hydrogens (tertiary/aromatic N) is 2. The van der Waals surface area contributed by atoms with Crippen molar-refractivity contribution in [2.45, 2.75) is 72.4 Å². The molecule has 0 saturated carbocycles. The van der Waals surface area contributed by atoms with Gasteiger partial charge in [-0.1, -0.05) is 45.2 Å². The Morgan fingerprint density at radius 3 is 2.30 bits per heavy atom. The molecule has 1 atom stereocenters. The Kier molecular flexibility index (Phi) is 8.24. The minimum Gasteiger partial charge on any atom is -0.308 e. The molecule has 0 spiro atoms. The summed E-state index contributed by atoms with van der Waals surface area (Å²) in [7, 11) is 0. The van der Waals surface area contributed by atoms with Gasteiger partial charge >= 0.3 is 0 Å². The smallest absolute Gasteiger partial charge is 0.0834 e. The van der Waals surface area contributed by atoms with Crippen molar-refractivity contribution < 1.29 is 0 Å². The molecule has 4 heteroatoms. The Hall–Kier alpha value is -0.540. The second-order valence-corrected chi connectivity index (χ2v) is 5.87. The van der Waals surface area contributed by atoms with Crippen LogP contribution in [0.5, 0.6) is 0 Å². The van der Waals surface area contributed by atoms with Gasteiger partial charge in [-0.2, -0.15) is 5.10 Å². The number of hydrogen-bond donors (Lipinski definition) is 1. The van der Waals surface area contributed by atoms with Gasteiger partial charge in [-0.3, -0.25) is 4.68 Å². The Balaban J connectivity index is 3.04. The van der Waals surface area contributed by atoms with Crippen LogP contribution in [-0.4, -0.2) is 16.3 Å². The first-order valence-corrected chi connectivity index (χ1v) is 8.51. The zero-order valence-electron chi connectivity index (χ0n) is 13.5. The number of rotatable bonds is 10. The first kappa shape index (κ1) is 17.5. The van der Waals surface area contributed by atoms with Gasteiger partial charge in [-0.25, -0.2) is 0 Å².